The van der Waals surface area contributed by atoms with Crippen molar-refractivity contribution in [3.63, 3.8) is 0 Å². The number of sulfone groups is 1. The zero-order valence-corrected chi connectivity index (χ0v) is 14.9. The van der Waals surface area contributed by atoms with Crippen LogP contribution in [0.5, 0.6) is 0 Å². The molecule has 138 valence electrons. The van der Waals surface area contributed by atoms with Crippen LogP contribution in [0.2, 0.25) is 0 Å². The molecule has 0 spiro atoms. The van der Waals surface area contributed by atoms with Crippen LogP contribution in [-0.4, -0.2) is 44.3 Å². The average molecular weight is 376 g/mol. The van der Waals surface area contributed by atoms with E-state index in [2.05, 4.69) is 10.6 Å². The molecule has 1 atom stereocenters. The van der Waals surface area contributed by atoms with Crippen molar-refractivity contribution in [2.24, 2.45) is 0 Å². The van der Waals surface area contributed by atoms with Gasteiger partial charge in [0.1, 0.15) is 0 Å². The average Bonchev–Trinajstić information content (AvgIpc) is 3.22. The van der Waals surface area contributed by atoms with Gasteiger partial charge in [-0.1, -0.05) is 30.3 Å². The summed E-state index contributed by atoms with van der Waals surface area (Å²) in [4.78, 5) is 24.2. The molecule has 0 unspecified atom stereocenters. The number of carbonyl (C=O) groups is 2. The topological polar surface area (TPSA) is 105 Å². The molecule has 0 saturated carbocycles. The predicted molar refractivity (Wildman–Crippen MR) is 96.3 cm³/mol. The maximum atomic E-state index is 12.3. The molecule has 0 bridgehead atoms. The lowest BCUT2D eigenvalue weighted by Gasteiger charge is -2.11. The fraction of sp³-hybridized carbons (Fsp3) is 0.333. The number of rotatable bonds is 6. The predicted octanol–water partition coefficient (Wildman–Crippen LogP) is 1.37. The van der Waals surface area contributed by atoms with E-state index in [-0.39, 0.29) is 42.2 Å². The lowest BCUT2D eigenvalue weighted by Crippen LogP contribution is -2.37. The maximum absolute atomic E-state index is 12.3. The van der Waals surface area contributed by atoms with Gasteiger partial charge < -0.3 is 15.1 Å². The lowest BCUT2D eigenvalue weighted by molar-refractivity contribution is -0.121. The van der Waals surface area contributed by atoms with Crippen LogP contribution >= 0.6 is 0 Å². The van der Waals surface area contributed by atoms with Crippen molar-refractivity contribution in [1.82, 2.24) is 10.6 Å². The summed E-state index contributed by atoms with van der Waals surface area (Å²) < 4.78 is 28.1. The molecule has 7 nitrogen and oxygen atoms in total. The third kappa shape index (κ3) is 4.51. The first-order chi connectivity index (χ1) is 12.4. The zero-order valence-electron chi connectivity index (χ0n) is 14.1. The van der Waals surface area contributed by atoms with Crippen LogP contribution in [0.4, 0.5) is 0 Å². The number of hydrogen-bond donors (Lipinski definition) is 2. The largest absolute Gasteiger partial charge is 0.459 e. The maximum Gasteiger partial charge on any atom is 0.287 e. The molecule has 1 aromatic heterocycles. The number of amides is 2. The summed E-state index contributed by atoms with van der Waals surface area (Å²) in [6.07, 6.45) is 1.96. The molecular weight excluding hydrogens is 356 g/mol. The Labute approximate surface area is 151 Å². The molecule has 2 N–H and O–H groups in total. The van der Waals surface area contributed by atoms with Gasteiger partial charge in [0.05, 0.1) is 17.8 Å². The Hall–Kier alpha value is -2.61. The van der Waals surface area contributed by atoms with Crippen molar-refractivity contribution in [1.29, 1.82) is 0 Å². The molecule has 26 heavy (non-hydrogen) atoms. The van der Waals surface area contributed by atoms with Gasteiger partial charge in [-0.3, -0.25) is 9.59 Å². The minimum Gasteiger partial charge on any atom is -0.459 e. The van der Waals surface area contributed by atoms with Gasteiger partial charge in [0, 0.05) is 24.6 Å². The minimum absolute atomic E-state index is 0.0159. The summed E-state index contributed by atoms with van der Waals surface area (Å²) in [6, 6.07) is 10.8. The summed E-state index contributed by atoms with van der Waals surface area (Å²) in [5, 5.41) is 5.34. The van der Waals surface area contributed by atoms with Crippen LogP contribution in [0.15, 0.2) is 47.1 Å². The van der Waals surface area contributed by atoms with Crippen molar-refractivity contribution in [2.45, 2.75) is 18.9 Å². The van der Waals surface area contributed by atoms with Gasteiger partial charge in [-0.15, -0.1) is 0 Å². The second-order valence-electron chi connectivity index (χ2n) is 6.20. The number of carbonyl (C=O) groups excluding carboxylic acids is 2. The van der Waals surface area contributed by atoms with Crippen molar-refractivity contribution in [2.75, 3.05) is 18.1 Å². The summed E-state index contributed by atoms with van der Waals surface area (Å²) in [6.45, 7) is 0.138. The van der Waals surface area contributed by atoms with Crippen molar-refractivity contribution in [3.8, 4) is 11.1 Å². The second kappa shape index (κ2) is 7.74. The number of hydrogen-bond acceptors (Lipinski definition) is 5. The smallest absolute Gasteiger partial charge is 0.287 e. The van der Waals surface area contributed by atoms with Gasteiger partial charge in [0.2, 0.25) is 5.91 Å². The Morgan fingerprint density at radius 1 is 1.15 bits per heavy atom. The highest BCUT2D eigenvalue weighted by Gasteiger charge is 2.28. The van der Waals surface area contributed by atoms with Crippen LogP contribution in [0.25, 0.3) is 11.1 Å². The van der Waals surface area contributed by atoms with E-state index in [1.54, 1.807) is 6.07 Å². The number of furan rings is 1. The van der Waals surface area contributed by atoms with E-state index in [1.807, 2.05) is 30.3 Å². The lowest BCUT2D eigenvalue weighted by atomic mass is 10.1. The molecule has 3 rings (SSSR count). The van der Waals surface area contributed by atoms with E-state index in [9.17, 15) is 18.0 Å². The molecule has 1 saturated heterocycles. The normalized spacial score (nSPS) is 18.4. The summed E-state index contributed by atoms with van der Waals surface area (Å²) in [7, 11) is -3.03. The highest BCUT2D eigenvalue weighted by atomic mass is 32.2. The van der Waals surface area contributed by atoms with Gasteiger partial charge in [-0.2, -0.15) is 0 Å². The van der Waals surface area contributed by atoms with Gasteiger partial charge in [-0.25, -0.2) is 8.42 Å². The Balaban J connectivity index is 1.49. The molecule has 0 radical (unpaired) electrons. The molecule has 2 heterocycles. The Bertz CT molecular complexity index is 889. The van der Waals surface area contributed by atoms with Crippen LogP contribution in [0.1, 0.15) is 23.4 Å². The van der Waals surface area contributed by atoms with E-state index in [4.69, 9.17) is 4.42 Å². The Kier molecular flexibility index (Phi) is 5.41. The molecule has 0 aliphatic carbocycles. The van der Waals surface area contributed by atoms with Crippen LogP contribution < -0.4 is 10.6 Å². The number of nitrogens with one attached hydrogen (secondary N) is 2. The first-order valence-corrected chi connectivity index (χ1v) is 10.2. The summed E-state index contributed by atoms with van der Waals surface area (Å²) in [5.74, 6) is -0.397. The Morgan fingerprint density at radius 3 is 2.62 bits per heavy atom. The molecule has 1 aliphatic rings. The molecule has 8 heteroatoms. The monoisotopic (exact) mass is 376 g/mol. The summed E-state index contributed by atoms with van der Waals surface area (Å²) >= 11 is 0. The standard InChI is InChI=1S/C18H20N2O5S/c21-16(20-14-8-11-26(23,24)12-14)6-9-19-18(22)17-15(7-10-25-17)13-4-2-1-3-5-13/h1-5,7,10,14H,6,8-9,11-12H2,(H,19,22)(H,20,21)/t14-/m0/s1. The fourth-order valence-corrected chi connectivity index (χ4v) is 4.58. The first kappa shape index (κ1) is 18.2. The quantitative estimate of drug-likeness (QED) is 0.792. The van der Waals surface area contributed by atoms with E-state index < -0.39 is 15.7 Å². The molecular formula is C18H20N2O5S. The van der Waals surface area contributed by atoms with Crippen molar-refractivity contribution < 1.29 is 22.4 Å². The number of benzene rings is 1. The van der Waals surface area contributed by atoms with Gasteiger partial charge >= 0.3 is 0 Å². The van der Waals surface area contributed by atoms with E-state index in [0.29, 0.717) is 12.0 Å². The summed E-state index contributed by atoms with van der Waals surface area (Å²) in [5.41, 5.74) is 1.55. The SMILES string of the molecule is O=C(CCNC(=O)c1occc1-c1ccccc1)N[C@H]1CCS(=O)(=O)C1. The molecule has 1 aliphatic heterocycles. The van der Waals surface area contributed by atoms with E-state index in [0.717, 1.165) is 5.56 Å². The minimum atomic E-state index is -3.03. The fourth-order valence-electron chi connectivity index (χ4n) is 2.91. The van der Waals surface area contributed by atoms with E-state index >= 15 is 0 Å². The van der Waals surface area contributed by atoms with Gasteiger partial charge in [0.15, 0.2) is 15.6 Å². The molecule has 2 amide bonds. The molecule has 1 aromatic carbocycles. The zero-order chi connectivity index (χ0) is 18.6. The highest BCUT2D eigenvalue weighted by Crippen LogP contribution is 2.24. The first-order valence-electron chi connectivity index (χ1n) is 8.35. The van der Waals surface area contributed by atoms with Crippen LogP contribution in [0, 0.1) is 0 Å². The third-order valence-electron chi connectivity index (χ3n) is 4.19. The molecule has 1 fully saturated rings. The van der Waals surface area contributed by atoms with Crippen molar-refractivity contribution in [3.05, 3.63) is 48.4 Å². The van der Waals surface area contributed by atoms with E-state index in [1.165, 1.54) is 6.26 Å². The van der Waals surface area contributed by atoms with Gasteiger partial charge in [-0.05, 0) is 18.1 Å². The third-order valence-corrected chi connectivity index (χ3v) is 5.96. The van der Waals surface area contributed by atoms with Gasteiger partial charge in [0.25, 0.3) is 5.91 Å². The second-order valence-corrected chi connectivity index (χ2v) is 8.43. The van der Waals surface area contributed by atoms with Crippen LogP contribution in [-0.2, 0) is 14.6 Å². The highest BCUT2D eigenvalue weighted by molar-refractivity contribution is 7.91. The molecule has 2 aromatic rings. The van der Waals surface area contributed by atoms with Crippen LogP contribution in [0.3, 0.4) is 0 Å². The van der Waals surface area contributed by atoms with Crippen molar-refractivity contribution >= 4 is 21.7 Å². The Morgan fingerprint density at radius 2 is 1.92 bits per heavy atom.